The molecule has 3 rings (SSSR count). The van der Waals surface area contributed by atoms with Gasteiger partial charge in [0.25, 0.3) is 5.91 Å². The summed E-state index contributed by atoms with van der Waals surface area (Å²) in [5.41, 5.74) is 0.274. The number of hydrogen-bond donors (Lipinski definition) is 0. The van der Waals surface area contributed by atoms with Crippen molar-refractivity contribution in [2.45, 2.75) is 23.6 Å². The lowest BCUT2D eigenvalue weighted by molar-refractivity contribution is -0.125. The molecule has 0 spiro atoms. The Morgan fingerprint density at radius 2 is 1.68 bits per heavy atom. The molecule has 1 atom stereocenters. The van der Waals surface area contributed by atoms with Crippen LogP contribution in [0.1, 0.15) is 6.42 Å². The molecule has 1 aliphatic rings. The smallest absolute Gasteiger partial charge is 0.252 e. The highest BCUT2D eigenvalue weighted by Crippen LogP contribution is 2.30. The molecule has 1 aliphatic heterocycles. The molecule has 1 unspecified atom stereocenters. The molecular weight excluding hydrogens is 451 g/mol. The van der Waals surface area contributed by atoms with Gasteiger partial charge in [0, 0.05) is 19.2 Å². The second kappa shape index (κ2) is 9.41. The van der Waals surface area contributed by atoms with Crippen molar-refractivity contribution in [2.75, 3.05) is 25.7 Å². The highest BCUT2D eigenvalue weighted by molar-refractivity contribution is 7.89. The molecule has 2 aromatic carbocycles. The monoisotopic (exact) mass is 470 g/mol. The molecule has 8 nitrogen and oxygen atoms in total. The van der Waals surface area contributed by atoms with Gasteiger partial charge in [-0.1, -0.05) is 11.6 Å². The molecule has 1 saturated heterocycles. The Kier molecular flexibility index (Phi) is 7.07. The number of rotatable bonds is 8. The predicted molar refractivity (Wildman–Crippen MR) is 110 cm³/mol. The number of imide groups is 1. The molecule has 0 bridgehead atoms. The summed E-state index contributed by atoms with van der Waals surface area (Å²) in [6.45, 7) is -0.356. The molecule has 0 aromatic heterocycles. The average Bonchev–Trinajstić information content (AvgIpc) is 3.03. The summed E-state index contributed by atoms with van der Waals surface area (Å²) in [6, 6.07) is 8.86. The van der Waals surface area contributed by atoms with E-state index in [1.54, 1.807) is 0 Å². The molecular formula is C20H20ClFN2O6S. The van der Waals surface area contributed by atoms with E-state index in [0.29, 0.717) is 5.02 Å². The SMILES string of the molecule is COC(CN(C1CC(=O)N(c2ccc(Cl)cc2)C1=O)S(=O)(=O)c1ccc(F)cc1)OC. The van der Waals surface area contributed by atoms with Crippen LogP contribution >= 0.6 is 11.6 Å². The van der Waals surface area contributed by atoms with Crippen molar-refractivity contribution < 1.29 is 31.9 Å². The van der Waals surface area contributed by atoms with E-state index in [1.807, 2.05) is 0 Å². The van der Waals surface area contributed by atoms with E-state index in [2.05, 4.69) is 0 Å². The Morgan fingerprint density at radius 3 is 2.23 bits per heavy atom. The van der Waals surface area contributed by atoms with E-state index in [-0.39, 0.29) is 23.5 Å². The van der Waals surface area contributed by atoms with Crippen LogP contribution in [0.5, 0.6) is 0 Å². The van der Waals surface area contributed by atoms with Crippen LogP contribution in [0.2, 0.25) is 5.02 Å². The number of halogens is 2. The van der Waals surface area contributed by atoms with Crippen molar-refractivity contribution in [2.24, 2.45) is 0 Å². The number of sulfonamides is 1. The first-order valence-corrected chi connectivity index (χ1v) is 11.0. The van der Waals surface area contributed by atoms with E-state index in [4.69, 9.17) is 21.1 Å². The summed E-state index contributed by atoms with van der Waals surface area (Å²) < 4.78 is 51.1. The third-order valence-electron chi connectivity index (χ3n) is 4.83. The van der Waals surface area contributed by atoms with Gasteiger partial charge in [0.1, 0.15) is 11.9 Å². The van der Waals surface area contributed by atoms with Gasteiger partial charge >= 0.3 is 0 Å². The van der Waals surface area contributed by atoms with Crippen molar-refractivity contribution in [1.29, 1.82) is 0 Å². The third-order valence-corrected chi connectivity index (χ3v) is 6.97. The van der Waals surface area contributed by atoms with E-state index in [1.165, 1.54) is 38.5 Å². The minimum Gasteiger partial charge on any atom is -0.354 e. The number of methoxy groups -OCH3 is 2. The molecule has 11 heteroatoms. The van der Waals surface area contributed by atoms with Gasteiger partial charge in [0.15, 0.2) is 6.29 Å². The molecule has 0 radical (unpaired) electrons. The lowest BCUT2D eigenvalue weighted by Crippen LogP contribution is -2.49. The van der Waals surface area contributed by atoms with Crippen molar-refractivity contribution in [3.63, 3.8) is 0 Å². The summed E-state index contributed by atoms with van der Waals surface area (Å²) in [4.78, 5) is 26.5. The minimum absolute atomic E-state index is 0.231. The maximum absolute atomic E-state index is 13.3. The number of benzene rings is 2. The van der Waals surface area contributed by atoms with Gasteiger partial charge < -0.3 is 9.47 Å². The van der Waals surface area contributed by atoms with E-state index >= 15 is 0 Å². The minimum atomic E-state index is -4.30. The number of anilines is 1. The molecule has 0 aliphatic carbocycles. The number of ether oxygens (including phenoxy) is 2. The van der Waals surface area contributed by atoms with Crippen molar-refractivity contribution in [3.8, 4) is 0 Å². The summed E-state index contributed by atoms with van der Waals surface area (Å²) in [5, 5.41) is 0.419. The third kappa shape index (κ3) is 4.78. The van der Waals surface area contributed by atoms with Crippen LogP contribution in [0.3, 0.4) is 0 Å². The normalized spacial score (nSPS) is 17.2. The van der Waals surface area contributed by atoms with E-state index in [9.17, 15) is 22.4 Å². The Hall–Kier alpha value is -2.37. The number of hydrogen-bond acceptors (Lipinski definition) is 6. The van der Waals surface area contributed by atoms with Gasteiger partial charge in [0.05, 0.1) is 23.5 Å². The quantitative estimate of drug-likeness (QED) is 0.434. The maximum atomic E-state index is 13.3. The van der Waals surface area contributed by atoms with Gasteiger partial charge in [-0.05, 0) is 48.5 Å². The lowest BCUT2D eigenvalue weighted by atomic mass is 10.2. The first-order valence-electron chi connectivity index (χ1n) is 9.14. The Labute approximate surface area is 184 Å². The zero-order chi connectivity index (χ0) is 22.8. The van der Waals surface area contributed by atoms with Crippen LogP contribution in [0, 0.1) is 5.82 Å². The Morgan fingerprint density at radius 1 is 1.10 bits per heavy atom. The fraction of sp³-hybridized carbons (Fsp3) is 0.300. The topological polar surface area (TPSA) is 93.2 Å². The van der Waals surface area contributed by atoms with Gasteiger partial charge in [-0.25, -0.2) is 17.7 Å². The highest BCUT2D eigenvalue weighted by atomic mass is 35.5. The van der Waals surface area contributed by atoms with Crippen LogP contribution in [0.25, 0.3) is 0 Å². The summed E-state index contributed by atoms with van der Waals surface area (Å²) >= 11 is 5.87. The Balaban J connectivity index is 2.01. The van der Waals surface area contributed by atoms with E-state index < -0.39 is 40.0 Å². The molecule has 31 heavy (non-hydrogen) atoms. The highest BCUT2D eigenvalue weighted by Gasteiger charge is 2.47. The van der Waals surface area contributed by atoms with Crippen molar-refractivity contribution in [1.82, 2.24) is 4.31 Å². The van der Waals surface area contributed by atoms with Crippen LogP contribution in [0.15, 0.2) is 53.4 Å². The number of amides is 2. The predicted octanol–water partition coefficient (Wildman–Crippen LogP) is 2.42. The summed E-state index contributed by atoms with van der Waals surface area (Å²) in [7, 11) is -1.66. The van der Waals surface area contributed by atoms with Crippen LogP contribution in [-0.2, 0) is 29.1 Å². The lowest BCUT2D eigenvalue weighted by Gasteiger charge is -2.29. The molecule has 0 N–H and O–H groups in total. The molecule has 0 saturated carbocycles. The summed E-state index contributed by atoms with van der Waals surface area (Å²) in [6.07, 6.45) is -1.37. The fourth-order valence-electron chi connectivity index (χ4n) is 3.23. The molecule has 2 amide bonds. The zero-order valence-electron chi connectivity index (χ0n) is 16.7. The average molecular weight is 471 g/mol. The van der Waals surface area contributed by atoms with Crippen LogP contribution in [0.4, 0.5) is 10.1 Å². The van der Waals surface area contributed by atoms with Gasteiger partial charge in [-0.3, -0.25) is 9.59 Å². The standard InChI is InChI=1S/C20H20ClFN2O6S/c1-29-19(30-2)12-23(31(27,28)16-9-5-14(22)6-10-16)17-11-18(25)24(20(17)26)15-7-3-13(21)4-8-15/h3-10,17,19H,11-12H2,1-2H3. The first-order chi connectivity index (χ1) is 14.7. The zero-order valence-corrected chi connectivity index (χ0v) is 18.3. The second-order valence-electron chi connectivity index (χ2n) is 6.69. The van der Waals surface area contributed by atoms with Gasteiger partial charge in [-0.15, -0.1) is 0 Å². The molecule has 2 aromatic rings. The van der Waals surface area contributed by atoms with E-state index in [0.717, 1.165) is 33.5 Å². The van der Waals surface area contributed by atoms with Crippen LogP contribution < -0.4 is 4.90 Å². The molecule has 166 valence electrons. The molecule has 1 heterocycles. The number of carbonyl (C=O) groups is 2. The Bertz CT molecular complexity index is 1060. The number of nitrogens with zero attached hydrogens (tertiary/aromatic N) is 2. The second-order valence-corrected chi connectivity index (χ2v) is 9.02. The maximum Gasteiger partial charge on any atom is 0.252 e. The van der Waals surface area contributed by atoms with Crippen LogP contribution in [-0.4, -0.2) is 57.6 Å². The summed E-state index contributed by atoms with van der Waals surface area (Å²) in [5.74, 6) is -1.90. The van der Waals surface area contributed by atoms with Crippen molar-refractivity contribution in [3.05, 3.63) is 59.4 Å². The fourth-order valence-corrected chi connectivity index (χ4v) is 4.92. The first kappa shape index (κ1) is 23.3. The number of carbonyl (C=O) groups excluding carboxylic acids is 2. The largest absolute Gasteiger partial charge is 0.354 e. The van der Waals surface area contributed by atoms with Gasteiger partial charge in [-0.2, -0.15) is 4.31 Å². The van der Waals surface area contributed by atoms with Crippen molar-refractivity contribution >= 4 is 39.1 Å². The van der Waals surface area contributed by atoms with Gasteiger partial charge in [0.2, 0.25) is 15.9 Å². The molecule has 1 fully saturated rings.